The fraction of sp³-hybridized carbons (Fsp3) is 0.500. The molecule has 0 spiro atoms. The first kappa shape index (κ1) is 24.6. The zero-order valence-corrected chi connectivity index (χ0v) is 18.9. The molecule has 10 nitrogen and oxygen atoms in total. The van der Waals surface area contributed by atoms with Crippen molar-refractivity contribution in [3.63, 3.8) is 0 Å². The summed E-state index contributed by atoms with van der Waals surface area (Å²) in [6.45, 7) is 5.15. The molecule has 1 atom stereocenters. The Hall–Kier alpha value is -2.63. The summed E-state index contributed by atoms with van der Waals surface area (Å²) in [5, 5.41) is 30.2. The van der Waals surface area contributed by atoms with Crippen molar-refractivity contribution in [2.45, 2.75) is 38.0 Å². The van der Waals surface area contributed by atoms with Crippen molar-refractivity contribution in [1.82, 2.24) is 9.64 Å². The van der Waals surface area contributed by atoms with Crippen molar-refractivity contribution in [3.8, 4) is 5.69 Å². The maximum Gasteiger partial charge on any atom is 0.297 e. The Balaban J connectivity index is 2.59. The second-order valence-corrected chi connectivity index (χ2v) is 9.29. The number of nitrogens with zero attached hydrogens (tertiary/aromatic N) is 3. The van der Waals surface area contributed by atoms with Gasteiger partial charge in [-0.05, 0) is 12.1 Å². The monoisotopic (exact) mass is 453 g/mol. The Labute approximate surface area is 183 Å². The highest BCUT2D eigenvalue weighted by molar-refractivity contribution is 7.98. The third-order valence-corrected chi connectivity index (χ3v) is 5.51. The minimum Gasteiger partial charge on any atom is -0.394 e. The Kier molecular flexibility index (Phi) is 7.68. The molecule has 2 N–H and O–H groups in total. The van der Waals surface area contributed by atoms with Crippen molar-refractivity contribution >= 4 is 23.4 Å². The van der Waals surface area contributed by atoms with Crippen molar-refractivity contribution in [2.75, 3.05) is 26.5 Å². The van der Waals surface area contributed by atoms with Crippen LogP contribution in [0.1, 0.15) is 42.5 Å². The number of hydrogen-bond donors (Lipinski definition) is 2. The molecule has 0 saturated heterocycles. The van der Waals surface area contributed by atoms with E-state index in [4.69, 9.17) is 9.63 Å². The number of nitro benzene ring substituents is 1. The number of aromatic nitrogens is 1. The van der Waals surface area contributed by atoms with Gasteiger partial charge in [-0.15, -0.1) is 4.74 Å². The van der Waals surface area contributed by atoms with Crippen LogP contribution in [-0.2, 0) is 11.2 Å². The molecule has 11 heteroatoms. The summed E-state index contributed by atoms with van der Waals surface area (Å²) in [7, 11) is 3.07. The predicted molar refractivity (Wildman–Crippen MR) is 117 cm³/mol. The molecular formula is C20H27N3O7S. The summed E-state index contributed by atoms with van der Waals surface area (Å²) in [5.74, 6) is 0.374. The maximum atomic E-state index is 13.1. The number of rotatable bonds is 8. The molecule has 0 radical (unpaired) electrons. The van der Waals surface area contributed by atoms with Gasteiger partial charge in [0.1, 0.15) is 5.76 Å². The number of nitro groups is 1. The molecule has 1 heterocycles. The number of carbonyl (C=O) groups is 1. The van der Waals surface area contributed by atoms with E-state index < -0.39 is 33.6 Å². The molecule has 31 heavy (non-hydrogen) atoms. The lowest BCUT2D eigenvalue weighted by Crippen LogP contribution is -2.22. The van der Waals surface area contributed by atoms with Crippen molar-refractivity contribution in [3.05, 3.63) is 55.6 Å². The van der Waals surface area contributed by atoms with Crippen LogP contribution >= 0.6 is 11.8 Å². The predicted octanol–water partition coefficient (Wildman–Crippen LogP) is 1.92. The molecule has 0 bridgehead atoms. The average molecular weight is 454 g/mol. The molecular weight excluding hydrogens is 426 g/mol. The second-order valence-electron chi connectivity index (χ2n) is 8.26. The summed E-state index contributed by atoms with van der Waals surface area (Å²) in [4.78, 5) is 37.6. The van der Waals surface area contributed by atoms with Gasteiger partial charge >= 0.3 is 0 Å². The molecule has 2 rings (SSSR count). The van der Waals surface area contributed by atoms with Gasteiger partial charge in [-0.3, -0.25) is 19.7 Å². The van der Waals surface area contributed by atoms with Gasteiger partial charge in [0.15, 0.2) is 5.69 Å². The molecule has 170 valence electrons. The summed E-state index contributed by atoms with van der Waals surface area (Å²) in [5.41, 5.74) is -1.19. The minimum atomic E-state index is -0.917. The Bertz CT molecular complexity index is 1020. The molecule has 0 fully saturated rings. The lowest BCUT2D eigenvalue weighted by atomic mass is 9.91. The first-order valence-electron chi connectivity index (χ1n) is 9.51. The van der Waals surface area contributed by atoms with Gasteiger partial charge in [-0.25, -0.2) is 0 Å². The molecule has 0 saturated carbocycles. The van der Waals surface area contributed by atoms with Crippen LogP contribution < -0.4 is 5.56 Å². The van der Waals surface area contributed by atoms with Gasteiger partial charge in [0, 0.05) is 42.6 Å². The van der Waals surface area contributed by atoms with E-state index in [-0.39, 0.29) is 29.4 Å². The summed E-state index contributed by atoms with van der Waals surface area (Å²) >= 11 is 1.24. The fourth-order valence-corrected chi connectivity index (χ4v) is 3.82. The third kappa shape index (κ3) is 5.54. The second kappa shape index (κ2) is 9.67. The van der Waals surface area contributed by atoms with Gasteiger partial charge in [0.05, 0.1) is 23.2 Å². The van der Waals surface area contributed by atoms with Crippen LogP contribution in [-0.4, -0.2) is 63.2 Å². The molecule has 1 unspecified atom stereocenters. The van der Waals surface area contributed by atoms with E-state index in [1.54, 1.807) is 0 Å². The average Bonchev–Trinajstić information content (AvgIpc) is 3.03. The Morgan fingerprint density at radius 2 is 2.00 bits per heavy atom. The third-order valence-electron chi connectivity index (χ3n) is 4.39. The van der Waals surface area contributed by atoms with Crippen LogP contribution in [0, 0.1) is 10.1 Å². The topological polar surface area (TPSA) is 139 Å². The summed E-state index contributed by atoms with van der Waals surface area (Å²) in [6.07, 6.45) is -0.917. The molecule has 1 aromatic heterocycles. The number of aliphatic hydroxyl groups is 2. The normalized spacial score (nSPS) is 12.6. The Morgan fingerprint density at radius 1 is 1.35 bits per heavy atom. The zero-order valence-electron chi connectivity index (χ0n) is 18.1. The van der Waals surface area contributed by atoms with E-state index >= 15 is 0 Å². The molecule has 0 aliphatic heterocycles. The SMILES string of the molecule is CN(C)C(=O)c1ccc(-n2oc(C(C)(C)C)c(CSCC(O)CO)c2=O)c([N+](=O)[O-])c1. The molecule has 1 aromatic carbocycles. The molecule has 2 aromatic rings. The van der Waals surface area contributed by atoms with Gasteiger partial charge in [0.2, 0.25) is 0 Å². The largest absolute Gasteiger partial charge is 0.394 e. The summed E-state index contributed by atoms with van der Waals surface area (Å²) in [6, 6.07) is 3.84. The highest BCUT2D eigenvalue weighted by Crippen LogP contribution is 2.31. The van der Waals surface area contributed by atoms with Crippen LogP contribution in [0.4, 0.5) is 5.69 Å². The van der Waals surface area contributed by atoms with Crippen LogP contribution in [0.5, 0.6) is 0 Å². The zero-order chi connectivity index (χ0) is 23.5. The first-order chi connectivity index (χ1) is 14.4. The van der Waals surface area contributed by atoms with Crippen LogP contribution in [0.25, 0.3) is 5.69 Å². The summed E-state index contributed by atoms with van der Waals surface area (Å²) < 4.78 is 6.67. The smallest absolute Gasteiger partial charge is 0.297 e. The first-order valence-corrected chi connectivity index (χ1v) is 10.7. The number of aliphatic hydroxyl groups excluding tert-OH is 2. The van der Waals surface area contributed by atoms with Crippen molar-refractivity contribution < 1.29 is 24.5 Å². The van der Waals surface area contributed by atoms with Gasteiger partial charge in [0.25, 0.3) is 17.2 Å². The lowest BCUT2D eigenvalue weighted by molar-refractivity contribution is -0.384. The fourth-order valence-electron chi connectivity index (χ4n) is 2.87. The van der Waals surface area contributed by atoms with Crippen LogP contribution in [0.15, 0.2) is 27.5 Å². The number of amides is 1. The van der Waals surface area contributed by atoms with E-state index in [2.05, 4.69) is 0 Å². The molecule has 1 amide bonds. The van der Waals surface area contributed by atoms with Gasteiger partial charge in [-0.2, -0.15) is 11.8 Å². The highest BCUT2D eigenvalue weighted by Gasteiger charge is 2.30. The van der Waals surface area contributed by atoms with Crippen molar-refractivity contribution in [1.29, 1.82) is 0 Å². The van der Waals surface area contributed by atoms with Crippen LogP contribution in [0.2, 0.25) is 0 Å². The van der Waals surface area contributed by atoms with E-state index in [1.807, 2.05) is 20.8 Å². The van der Waals surface area contributed by atoms with E-state index in [9.17, 15) is 24.8 Å². The lowest BCUT2D eigenvalue weighted by Gasteiger charge is -2.16. The number of thioether (sulfide) groups is 1. The van der Waals surface area contributed by atoms with Crippen molar-refractivity contribution in [2.24, 2.45) is 0 Å². The van der Waals surface area contributed by atoms with Gasteiger partial charge < -0.3 is 19.6 Å². The molecule has 0 aliphatic rings. The van der Waals surface area contributed by atoms with E-state index in [1.165, 1.54) is 42.9 Å². The van der Waals surface area contributed by atoms with E-state index in [0.717, 1.165) is 10.8 Å². The quantitative estimate of drug-likeness (QED) is 0.456. The minimum absolute atomic E-state index is 0.0811. The number of hydrogen-bond acceptors (Lipinski definition) is 8. The molecule has 0 aliphatic carbocycles. The van der Waals surface area contributed by atoms with Gasteiger partial charge in [-0.1, -0.05) is 20.8 Å². The maximum absolute atomic E-state index is 13.1. The Morgan fingerprint density at radius 3 is 2.52 bits per heavy atom. The van der Waals surface area contributed by atoms with E-state index in [0.29, 0.717) is 11.3 Å². The number of carbonyl (C=O) groups excluding carboxylic acids is 1. The van der Waals surface area contributed by atoms with Crippen LogP contribution in [0.3, 0.4) is 0 Å². The highest BCUT2D eigenvalue weighted by atomic mass is 32.2. The standard InChI is InChI=1S/C20H27N3O7S/c1-20(2,3)17-14(11-31-10-13(25)9-24)19(27)22(30-17)15-7-6-12(18(26)21(4)5)8-16(15)23(28)29/h6-8,13,24-25H,9-11H2,1-5H3. The number of benzene rings is 1.